The van der Waals surface area contributed by atoms with Crippen LogP contribution in [0.1, 0.15) is 11.3 Å². The maximum atomic E-state index is 14.2. The van der Waals surface area contributed by atoms with E-state index < -0.39 is 26.6 Å². The quantitative estimate of drug-likeness (QED) is 0.467. The zero-order chi connectivity index (χ0) is 22.5. The lowest BCUT2D eigenvalue weighted by molar-refractivity contribution is 0.382. The molecule has 0 radical (unpaired) electrons. The Balaban J connectivity index is 1.52. The van der Waals surface area contributed by atoms with Gasteiger partial charge in [0.25, 0.3) is 5.89 Å². The highest BCUT2D eigenvalue weighted by Crippen LogP contribution is 2.33. The standard InChI is InChI=1S/C21H17F2N5O3S/c1-27-17-9-10-28(32(29,30)18-11-14(22)7-8-16(18)23)12-15(17)19(26-27)21-25-24-20(31-21)13-5-3-2-4-6-13/h2-8,11H,9-10,12H2,1H3. The van der Waals surface area contributed by atoms with Gasteiger partial charge in [0.1, 0.15) is 16.5 Å². The molecule has 164 valence electrons. The minimum Gasteiger partial charge on any atom is -0.415 e. The van der Waals surface area contributed by atoms with E-state index in [2.05, 4.69) is 15.3 Å². The summed E-state index contributed by atoms with van der Waals surface area (Å²) < 4.78 is 62.5. The van der Waals surface area contributed by atoms with Crippen molar-refractivity contribution in [1.82, 2.24) is 24.3 Å². The predicted octanol–water partition coefficient (Wildman–Crippen LogP) is 3.16. The van der Waals surface area contributed by atoms with Gasteiger partial charge >= 0.3 is 0 Å². The van der Waals surface area contributed by atoms with Crippen molar-refractivity contribution in [3.05, 3.63) is 71.4 Å². The molecule has 0 fully saturated rings. The summed E-state index contributed by atoms with van der Waals surface area (Å²) in [7, 11) is -2.53. The highest BCUT2D eigenvalue weighted by atomic mass is 32.2. The summed E-state index contributed by atoms with van der Waals surface area (Å²) in [6, 6.07) is 11.6. The molecule has 0 saturated heterocycles. The summed E-state index contributed by atoms with van der Waals surface area (Å²) in [6.07, 6.45) is 0.342. The zero-order valence-corrected chi connectivity index (χ0v) is 17.7. The monoisotopic (exact) mass is 457 g/mol. The molecule has 1 aliphatic heterocycles. The highest BCUT2D eigenvalue weighted by Gasteiger charge is 2.35. The topological polar surface area (TPSA) is 94.1 Å². The van der Waals surface area contributed by atoms with Crippen LogP contribution in [0, 0.1) is 11.6 Å². The lowest BCUT2D eigenvalue weighted by Crippen LogP contribution is -2.36. The van der Waals surface area contributed by atoms with Crippen molar-refractivity contribution < 1.29 is 21.6 Å². The number of hydrogen-bond acceptors (Lipinski definition) is 6. The number of aryl methyl sites for hydroxylation is 1. The maximum absolute atomic E-state index is 14.2. The molecule has 2 aromatic carbocycles. The summed E-state index contributed by atoms with van der Waals surface area (Å²) >= 11 is 0. The van der Waals surface area contributed by atoms with Gasteiger partial charge in [-0.3, -0.25) is 4.68 Å². The average Bonchev–Trinajstić information content (AvgIpc) is 3.41. The lowest BCUT2D eigenvalue weighted by atomic mass is 10.1. The largest absolute Gasteiger partial charge is 0.415 e. The molecule has 11 heteroatoms. The van der Waals surface area contributed by atoms with Crippen LogP contribution in [0.15, 0.2) is 57.8 Å². The third-order valence-corrected chi connectivity index (χ3v) is 7.23. The van der Waals surface area contributed by atoms with Crippen molar-refractivity contribution in [2.24, 2.45) is 7.05 Å². The van der Waals surface area contributed by atoms with Crippen molar-refractivity contribution in [2.75, 3.05) is 6.54 Å². The third-order valence-electron chi connectivity index (χ3n) is 5.37. The first-order chi connectivity index (χ1) is 15.3. The third kappa shape index (κ3) is 3.39. The van der Waals surface area contributed by atoms with E-state index in [4.69, 9.17) is 4.42 Å². The van der Waals surface area contributed by atoms with E-state index in [1.165, 1.54) is 0 Å². The van der Waals surface area contributed by atoms with Gasteiger partial charge in [-0.15, -0.1) is 10.2 Å². The molecule has 0 unspecified atom stereocenters. The molecule has 0 spiro atoms. The second kappa shape index (κ2) is 7.61. The predicted molar refractivity (Wildman–Crippen MR) is 110 cm³/mol. The fourth-order valence-corrected chi connectivity index (χ4v) is 5.26. The minimum atomic E-state index is -4.27. The Bertz CT molecular complexity index is 1420. The maximum Gasteiger partial charge on any atom is 0.268 e. The molecule has 0 atom stereocenters. The van der Waals surface area contributed by atoms with E-state index in [1.807, 2.05) is 30.3 Å². The van der Waals surface area contributed by atoms with E-state index in [0.717, 1.165) is 27.7 Å². The molecule has 1 aliphatic rings. The van der Waals surface area contributed by atoms with Crippen molar-refractivity contribution >= 4 is 10.0 Å². The van der Waals surface area contributed by atoms with Crippen LogP contribution in [0.5, 0.6) is 0 Å². The second-order valence-electron chi connectivity index (χ2n) is 7.34. The first kappa shape index (κ1) is 20.5. The number of fused-ring (bicyclic) bond motifs is 1. The Morgan fingerprint density at radius 3 is 2.56 bits per heavy atom. The smallest absolute Gasteiger partial charge is 0.268 e. The van der Waals surface area contributed by atoms with Crippen LogP contribution in [0.2, 0.25) is 0 Å². The van der Waals surface area contributed by atoms with Crippen LogP contribution in [0.4, 0.5) is 8.78 Å². The molecule has 0 amide bonds. The van der Waals surface area contributed by atoms with Gasteiger partial charge < -0.3 is 4.42 Å². The van der Waals surface area contributed by atoms with Crippen molar-refractivity contribution in [1.29, 1.82) is 0 Å². The Labute approximate surface area is 182 Å². The van der Waals surface area contributed by atoms with Gasteiger partial charge in [0.05, 0.1) is 0 Å². The van der Waals surface area contributed by atoms with Crippen LogP contribution in [0.25, 0.3) is 23.0 Å². The van der Waals surface area contributed by atoms with E-state index >= 15 is 0 Å². The first-order valence-corrected chi connectivity index (χ1v) is 11.2. The summed E-state index contributed by atoms with van der Waals surface area (Å²) in [5.41, 5.74) is 2.49. The molecule has 2 aromatic heterocycles. The Hall–Kier alpha value is -3.44. The van der Waals surface area contributed by atoms with Gasteiger partial charge in [0, 0.05) is 43.4 Å². The van der Waals surface area contributed by atoms with Crippen LogP contribution in [-0.2, 0) is 30.0 Å². The van der Waals surface area contributed by atoms with Gasteiger partial charge in [-0.25, -0.2) is 17.2 Å². The first-order valence-electron chi connectivity index (χ1n) is 9.74. The number of sulfonamides is 1. The van der Waals surface area contributed by atoms with Gasteiger partial charge in [0.2, 0.25) is 15.9 Å². The number of benzene rings is 2. The lowest BCUT2D eigenvalue weighted by Gasteiger charge is -2.26. The minimum absolute atomic E-state index is 0.0835. The Morgan fingerprint density at radius 2 is 1.78 bits per heavy atom. The molecular formula is C21H17F2N5O3S. The molecule has 32 heavy (non-hydrogen) atoms. The highest BCUT2D eigenvalue weighted by molar-refractivity contribution is 7.89. The van der Waals surface area contributed by atoms with Gasteiger partial charge in [0.15, 0.2) is 5.69 Å². The Morgan fingerprint density at radius 1 is 1.03 bits per heavy atom. The van der Waals surface area contributed by atoms with E-state index in [1.54, 1.807) is 11.7 Å². The number of aromatic nitrogens is 4. The van der Waals surface area contributed by atoms with Crippen molar-refractivity contribution in [2.45, 2.75) is 17.9 Å². The summed E-state index contributed by atoms with van der Waals surface area (Å²) in [5, 5.41) is 12.6. The van der Waals surface area contributed by atoms with E-state index in [0.29, 0.717) is 29.6 Å². The normalized spacial score (nSPS) is 14.5. The molecule has 0 N–H and O–H groups in total. The van der Waals surface area contributed by atoms with Gasteiger partial charge in [-0.05, 0) is 30.3 Å². The molecule has 4 aromatic rings. The second-order valence-corrected chi connectivity index (χ2v) is 9.25. The molecule has 0 aliphatic carbocycles. The number of nitrogens with zero attached hydrogens (tertiary/aromatic N) is 5. The fraction of sp³-hybridized carbons (Fsp3) is 0.190. The van der Waals surface area contributed by atoms with Crippen molar-refractivity contribution in [3.8, 4) is 23.0 Å². The molecule has 5 rings (SSSR count). The van der Waals surface area contributed by atoms with Crippen LogP contribution in [-0.4, -0.2) is 39.2 Å². The summed E-state index contributed by atoms with van der Waals surface area (Å²) in [5.74, 6) is -1.38. The van der Waals surface area contributed by atoms with Gasteiger partial charge in [-0.1, -0.05) is 18.2 Å². The molecule has 0 bridgehead atoms. The number of halogens is 2. The van der Waals surface area contributed by atoms with Crippen LogP contribution in [0.3, 0.4) is 0 Å². The van der Waals surface area contributed by atoms with E-state index in [-0.39, 0.29) is 19.0 Å². The number of rotatable bonds is 4. The van der Waals surface area contributed by atoms with E-state index in [9.17, 15) is 17.2 Å². The fourth-order valence-electron chi connectivity index (χ4n) is 3.77. The molecule has 3 heterocycles. The molecule has 0 saturated carbocycles. The zero-order valence-electron chi connectivity index (χ0n) is 16.9. The van der Waals surface area contributed by atoms with Crippen molar-refractivity contribution in [3.63, 3.8) is 0 Å². The van der Waals surface area contributed by atoms with Crippen LogP contribution >= 0.6 is 0 Å². The van der Waals surface area contributed by atoms with Gasteiger partial charge in [-0.2, -0.15) is 9.40 Å². The summed E-state index contributed by atoms with van der Waals surface area (Å²) in [6.45, 7) is 0.0171. The molecular weight excluding hydrogens is 440 g/mol. The average molecular weight is 457 g/mol. The molecule has 8 nitrogen and oxygen atoms in total. The SMILES string of the molecule is Cn1nc(-c2nnc(-c3ccccc3)o2)c2c1CCN(S(=O)(=O)c1cc(F)ccc1F)C2. The summed E-state index contributed by atoms with van der Waals surface area (Å²) in [4.78, 5) is -0.699. The number of hydrogen-bond donors (Lipinski definition) is 0. The van der Waals surface area contributed by atoms with Crippen LogP contribution < -0.4 is 0 Å². The Kier molecular flexibility index (Phi) is 4.86.